The van der Waals surface area contributed by atoms with Crippen LogP contribution in [0.2, 0.25) is 0 Å². The monoisotopic (exact) mass is 272 g/mol. The molecule has 2 aromatic rings. The van der Waals surface area contributed by atoms with Crippen molar-refractivity contribution in [1.29, 1.82) is 0 Å². The molecule has 0 spiro atoms. The van der Waals surface area contributed by atoms with Crippen molar-refractivity contribution in [3.63, 3.8) is 0 Å². The number of pyridine rings is 2. The van der Waals surface area contributed by atoms with Crippen LogP contribution in [0.1, 0.15) is 55.2 Å². The molecular weight excluding hydrogens is 251 g/mol. The van der Waals surface area contributed by atoms with E-state index in [1.807, 2.05) is 26.2 Å². The highest BCUT2D eigenvalue weighted by Gasteiger charge is 2.23. The smallest absolute Gasteiger partial charge is 0.141 e. The molecule has 2 aromatic heterocycles. The van der Waals surface area contributed by atoms with Gasteiger partial charge in [-0.05, 0) is 54.4 Å². The molecule has 3 heteroatoms. The first-order valence-electron chi connectivity index (χ1n) is 7.08. The third kappa shape index (κ3) is 4.41. The van der Waals surface area contributed by atoms with Crippen LogP contribution in [0.4, 0.5) is 4.39 Å². The van der Waals surface area contributed by atoms with Crippen LogP contribution in [0, 0.1) is 12.7 Å². The van der Waals surface area contributed by atoms with Crippen molar-refractivity contribution >= 4 is 0 Å². The quantitative estimate of drug-likeness (QED) is 0.797. The van der Waals surface area contributed by atoms with E-state index in [9.17, 15) is 4.39 Å². The fraction of sp³-hybridized carbons (Fsp3) is 0.412. The van der Waals surface area contributed by atoms with Crippen molar-refractivity contribution in [3.8, 4) is 0 Å². The van der Waals surface area contributed by atoms with Gasteiger partial charge in [-0.25, -0.2) is 4.39 Å². The minimum Gasteiger partial charge on any atom is -0.264 e. The molecule has 1 aliphatic rings. The Labute approximate surface area is 120 Å². The van der Waals surface area contributed by atoms with Crippen LogP contribution in [0.15, 0.2) is 36.9 Å². The van der Waals surface area contributed by atoms with Gasteiger partial charge >= 0.3 is 0 Å². The van der Waals surface area contributed by atoms with Crippen molar-refractivity contribution in [2.45, 2.75) is 45.4 Å². The first-order valence-corrected chi connectivity index (χ1v) is 7.08. The lowest BCUT2D eigenvalue weighted by Crippen LogP contribution is -1.89. The molecule has 0 amide bonds. The normalized spacial score (nSPS) is 13.8. The lowest BCUT2D eigenvalue weighted by molar-refractivity contribution is 0.616. The van der Waals surface area contributed by atoms with Crippen molar-refractivity contribution in [2.75, 3.05) is 0 Å². The zero-order valence-corrected chi connectivity index (χ0v) is 12.3. The van der Waals surface area contributed by atoms with E-state index in [0.717, 1.165) is 11.5 Å². The number of halogens is 1. The molecule has 3 rings (SSSR count). The number of hydrogen-bond acceptors (Lipinski definition) is 2. The maximum Gasteiger partial charge on any atom is 0.141 e. The molecule has 1 aliphatic carbocycles. The van der Waals surface area contributed by atoms with E-state index in [1.165, 1.54) is 36.2 Å². The fourth-order valence-corrected chi connectivity index (χ4v) is 1.96. The molecule has 0 atom stereocenters. The topological polar surface area (TPSA) is 25.8 Å². The third-order valence-electron chi connectivity index (χ3n) is 3.34. The van der Waals surface area contributed by atoms with Gasteiger partial charge in [-0.15, -0.1) is 0 Å². The Balaban J connectivity index is 0.000000147. The van der Waals surface area contributed by atoms with E-state index < -0.39 is 0 Å². The van der Waals surface area contributed by atoms with Crippen LogP contribution >= 0.6 is 0 Å². The molecule has 0 aromatic carbocycles. The number of aryl methyl sites for hydroxylation is 1. The molecule has 0 aliphatic heterocycles. The van der Waals surface area contributed by atoms with E-state index in [0.29, 0.717) is 5.92 Å². The van der Waals surface area contributed by atoms with Gasteiger partial charge in [0.15, 0.2) is 0 Å². The van der Waals surface area contributed by atoms with Gasteiger partial charge in [0.05, 0.1) is 6.20 Å². The second kappa shape index (κ2) is 6.60. The van der Waals surface area contributed by atoms with Gasteiger partial charge in [0, 0.05) is 18.6 Å². The molecule has 0 radical (unpaired) electrons. The predicted molar refractivity (Wildman–Crippen MR) is 79.2 cm³/mol. The summed E-state index contributed by atoms with van der Waals surface area (Å²) in [6.45, 7) is 6.12. The minimum absolute atomic E-state index is 0.258. The second-order valence-corrected chi connectivity index (χ2v) is 5.66. The zero-order valence-electron chi connectivity index (χ0n) is 12.3. The zero-order chi connectivity index (χ0) is 14.5. The van der Waals surface area contributed by atoms with Crippen molar-refractivity contribution < 1.29 is 4.39 Å². The molecule has 1 fully saturated rings. The minimum atomic E-state index is -0.258. The lowest BCUT2D eigenvalue weighted by atomic mass is 10.1. The van der Waals surface area contributed by atoms with E-state index in [-0.39, 0.29) is 5.82 Å². The van der Waals surface area contributed by atoms with Gasteiger partial charge in [-0.1, -0.05) is 19.9 Å². The number of aromatic nitrogens is 2. The summed E-state index contributed by atoms with van der Waals surface area (Å²) in [5.41, 5.74) is 3.66. The summed E-state index contributed by atoms with van der Waals surface area (Å²) in [7, 11) is 0. The first kappa shape index (κ1) is 14.6. The Morgan fingerprint density at radius 3 is 2.25 bits per heavy atom. The summed E-state index contributed by atoms with van der Waals surface area (Å²) in [4.78, 5) is 7.88. The number of nitrogens with zero attached hydrogens (tertiary/aromatic N) is 2. The van der Waals surface area contributed by atoms with Crippen molar-refractivity contribution in [1.82, 2.24) is 9.97 Å². The van der Waals surface area contributed by atoms with Crippen LogP contribution in [-0.2, 0) is 0 Å². The molecule has 0 bridgehead atoms. The van der Waals surface area contributed by atoms with Gasteiger partial charge in [0.2, 0.25) is 0 Å². The van der Waals surface area contributed by atoms with Crippen molar-refractivity contribution in [2.24, 2.45) is 0 Å². The Kier molecular flexibility index (Phi) is 4.83. The summed E-state index contributed by atoms with van der Waals surface area (Å²) in [5.74, 6) is 0.932. The van der Waals surface area contributed by atoms with Crippen LogP contribution in [0.25, 0.3) is 0 Å². The highest BCUT2D eigenvalue weighted by Crippen LogP contribution is 2.39. The largest absolute Gasteiger partial charge is 0.264 e. The van der Waals surface area contributed by atoms with E-state index in [4.69, 9.17) is 0 Å². The Morgan fingerprint density at radius 1 is 1.05 bits per heavy atom. The van der Waals surface area contributed by atoms with Gasteiger partial charge in [-0.3, -0.25) is 9.97 Å². The third-order valence-corrected chi connectivity index (χ3v) is 3.34. The maximum absolute atomic E-state index is 12.5. The van der Waals surface area contributed by atoms with Gasteiger partial charge < -0.3 is 0 Å². The van der Waals surface area contributed by atoms with Crippen LogP contribution < -0.4 is 0 Å². The molecule has 1 saturated carbocycles. The summed E-state index contributed by atoms with van der Waals surface area (Å²) in [6.07, 6.45) is 9.53. The number of rotatable bonds is 2. The Morgan fingerprint density at radius 2 is 1.75 bits per heavy atom. The SMILES string of the molecule is CC(C)c1cncc(F)c1.Cc1cncc(C2CC2)c1. The average Bonchev–Trinajstić information content (AvgIpc) is 3.24. The molecule has 0 N–H and O–H groups in total. The molecular formula is C17H21FN2. The van der Waals surface area contributed by atoms with Crippen LogP contribution in [0.5, 0.6) is 0 Å². The average molecular weight is 272 g/mol. The van der Waals surface area contributed by atoms with Crippen LogP contribution in [-0.4, -0.2) is 9.97 Å². The van der Waals surface area contributed by atoms with Crippen molar-refractivity contribution in [3.05, 3.63) is 59.4 Å². The second-order valence-electron chi connectivity index (χ2n) is 5.66. The first-order chi connectivity index (χ1) is 9.56. The highest BCUT2D eigenvalue weighted by atomic mass is 19.1. The molecule has 2 nitrogen and oxygen atoms in total. The highest BCUT2D eigenvalue weighted by molar-refractivity contribution is 5.23. The molecule has 20 heavy (non-hydrogen) atoms. The maximum atomic E-state index is 12.5. The Hall–Kier alpha value is -1.77. The van der Waals surface area contributed by atoms with Crippen LogP contribution in [0.3, 0.4) is 0 Å². The molecule has 0 unspecified atom stereocenters. The summed E-state index contributed by atoms with van der Waals surface area (Å²) in [5, 5.41) is 0. The fourth-order valence-electron chi connectivity index (χ4n) is 1.96. The van der Waals surface area contributed by atoms with E-state index >= 15 is 0 Å². The van der Waals surface area contributed by atoms with Gasteiger partial charge in [0.1, 0.15) is 5.82 Å². The number of hydrogen-bond donors (Lipinski definition) is 0. The van der Waals surface area contributed by atoms with E-state index in [2.05, 4.69) is 23.0 Å². The Bertz CT molecular complexity index is 519. The molecule has 2 heterocycles. The summed E-state index contributed by atoms with van der Waals surface area (Å²) in [6, 6.07) is 3.75. The molecule has 106 valence electrons. The summed E-state index contributed by atoms with van der Waals surface area (Å²) >= 11 is 0. The van der Waals surface area contributed by atoms with E-state index in [1.54, 1.807) is 6.20 Å². The van der Waals surface area contributed by atoms with Gasteiger partial charge in [0.25, 0.3) is 0 Å². The summed E-state index contributed by atoms with van der Waals surface area (Å²) < 4.78 is 12.5. The predicted octanol–water partition coefficient (Wildman–Crippen LogP) is 4.61. The molecule has 0 saturated heterocycles. The van der Waals surface area contributed by atoms with Gasteiger partial charge in [-0.2, -0.15) is 0 Å². The lowest BCUT2D eigenvalue weighted by Gasteiger charge is -2.02. The standard InChI is InChI=1S/C9H11N.C8H10FN/c1-7-4-9(6-10-5-7)8-2-3-8;1-6(2)7-3-8(9)5-10-4-7/h4-6,8H,2-3H2,1H3;3-6H,1-2H3.